The highest BCUT2D eigenvalue weighted by molar-refractivity contribution is 7.89. The van der Waals surface area contributed by atoms with E-state index in [4.69, 9.17) is 0 Å². The van der Waals surface area contributed by atoms with Gasteiger partial charge in [-0.1, -0.05) is 24.6 Å². The predicted octanol–water partition coefficient (Wildman–Crippen LogP) is 1.98. The van der Waals surface area contributed by atoms with Gasteiger partial charge < -0.3 is 0 Å². The maximum absolute atomic E-state index is 12.6. The van der Waals surface area contributed by atoms with Crippen LogP contribution in [0.15, 0.2) is 29.2 Å². The molecule has 1 saturated heterocycles. The molecular formula is C14H19NO3S. The average Bonchev–Trinajstić information content (AvgIpc) is 2.34. The lowest BCUT2D eigenvalue weighted by molar-refractivity contribution is -0.125. The van der Waals surface area contributed by atoms with Crippen LogP contribution < -0.4 is 0 Å². The molecular weight excluding hydrogens is 262 g/mol. The number of nitrogens with zero attached hydrogens (tertiary/aromatic N) is 1. The SMILES string of the molecule is Cc1ccc(S(=O)(=O)N2C[C@@H](C)C(=O)C[C@@H]2C)cc1. The van der Waals surface area contributed by atoms with Crippen LogP contribution >= 0.6 is 0 Å². The van der Waals surface area contributed by atoms with E-state index in [1.54, 1.807) is 38.1 Å². The summed E-state index contributed by atoms with van der Waals surface area (Å²) in [5.41, 5.74) is 1.02. The third kappa shape index (κ3) is 2.72. The number of hydrogen-bond donors (Lipinski definition) is 0. The summed E-state index contributed by atoms with van der Waals surface area (Å²) in [6.45, 7) is 5.76. The van der Waals surface area contributed by atoms with Crippen LogP contribution in [0, 0.1) is 12.8 Å². The van der Waals surface area contributed by atoms with Gasteiger partial charge in [0, 0.05) is 24.9 Å². The van der Waals surface area contributed by atoms with Crippen molar-refractivity contribution in [1.82, 2.24) is 4.31 Å². The van der Waals surface area contributed by atoms with Gasteiger partial charge in [0.1, 0.15) is 5.78 Å². The van der Waals surface area contributed by atoms with E-state index in [-0.39, 0.29) is 24.3 Å². The van der Waals surface area contributed by atoms with Crippen molar-refractivity contribution in [2.75, 3.05) is 6.54 Å². The van der Waals surface area contributed by atoms with Gasteiger partial charge in [0.05, 0.1) is 4.90 Å². The first-order chi connectivity index (χ1) is 8.82. The molecule has 2 atom stereocenters. The molecule has 0 saturated carbocycles. The van der Waals surface area contributed by atoms with Gasteiger partial charge in [-0.05, 0) is 26.0 Å². The number of aryl methyl sites for hydroxylation is 1. The number of rotatable bonds is 2. The summed E-state index contributed by atoms with van der Waals surface area (Å²) in [6.07, 6.45) is 0.298. The van der Waals surface area contributed by atoms with Crippen molar-refractivity contribution in [1.29, 1.82) is 0 Å². The zero-order valence-electron chi connectivity index (χ0n) is 11.5. The zero-order valence-corrected chi connectivity index (χ0v) is 12.3. The Morgan fingerprint density at radius 1 is 1.16 bits per heavy atom. The monoisotopic (exact) mass is 281 g/mol. The lowest BCUT2D eigenvalue weighted by atomic mass is 9.96. The molecule has 0 bridgehead atoms. The van der Waals surface area contributed by atoms with E-state index in [1.807, 2.05) is 6.92 Å². The smallest absolute Gasteiger partial charge is 0.243 e. The lowest BCUT2D eigenvalue weighted by Crippen LogP contribution is -2.48. The molecule has 1 aromatic carbocycles. The molecule has 104 valence electrons. The highest BCUT2D eigenvalue weighted by Crippen LogP contribution is 2.26. The minimum absolute atomic E-state index is 0.142. The number of piperidine rings is 1. The van der Waals surface area contributed by atoms with Crippen molar-refractivity contribution in [3.05, 3.63) is 29.8 Å². The summed E-state index contributed by atoms with van der Waals surface area (Å²) in [4.78, 5) is 11.9. The summed E-state index contributed by atoms with van der Waals surface area (Å²) < 4.78 is 26.6. The molecule has 1 fully saturated rings. The number of benzene rings is 1. The van der Waals surface area contributed by atoms with E-state index in [9.17, 15) is 13.2 Å². The van der Waals surface area contributed by atoms with Crippen LogP contribution in [-0.2, 0) is 14.8 Å². The molecule has 4 nitrogen and oxygen atoms in total. The average molecular weight is 281 g/mol. The van der Waals surface area contributed by atoms with E-state index in [0.717, 1.165) is 5.56 Å². The van der Waals surface area contributed by atoms with Crippen molar-refractivity contribution < 1.29 is 13.2 Å². The Balaban J connectivity index is 2.34. The number of sulfonamides is 1. The van der Waals surface area contributed by atoms with Gasteiger partial charge in [0.25, 0.3) is 0 Å². The molecule has 1 aliphatic rings. The molecule has 0 N–H and O–H groups in total. The zero-order chi connectivity index (χ0) is 14.2. The Hall–Kier alpha value is -1.20. The van der Waals surface area contributed by atoms with Gasteiger partial charge in [-0.15, -0.1) is 0 Å². The second-order valence-corrected chi connectivity index (χ2v) is 7.20. The minimum atomic E-state index is -3.50. The maximum Gasteiger partial charge on any atom is 0.243 e. The molecule has 0 radical (unpaired) electrons. The second kappa shape index (κ2) is 5.06. The van der Waals surface area contributed by atoms with Gasteiger partial charge in [0.15, 0.2) is 0 Å². The molecule has 0 aliphatic carbocycles. The third-order valence-corrected chi connectivity index (χ3v) is 5.61. The van der Waals surface area contributed by atoms with E-state index >= 15 is 0 Å². The largest absolute Gasteiger partial charge is 0.299 e. The first-order valence-electron chi connectivity index (χ1n) is 6.43. The van der Waals surface area contributed by atoms with E-state index < -0.39 is 10.0 Å². The third-order valence-electron chi connectivity index (χ3n) is 3.62. The fraction of sp³-hybridized carbons (Fsp3) is 0.500. The molecule has 0 spiro atoms. The summed E-state index contributed by atoms with van der Waals surface area (Å²) >= 11 is 0. The lowest BCUT2D eigenvalue weighted by Gasteiger charge is -2.34. The van der Waals surface area contributed by atoms with Gasteiger partial charge in [-0.25, -0.2) is 8.42 Å². The van der Waals surface area contributed by atoms with Gasteiger partial charge in [-0.2, -0.15) is 4.31 Å². The Labute approximate surface area is 114 Å². The van der Waals surface area contributed by atoms with Crippen LogP contribution in [0.1, 0.15) is 25.8 Å². The van der Waals surface area contributed by atoms with Crippen LogP contribution in [0.5, 0.6) is 0 Å². The number of Topliss-reactive ketones (excluding diaryl/α,β-unsaturated/α-hetero) is 1. The Morgan fingerprint density at radius 2 is 1.74 bits per heavy atom. The molecule has 1 aliphatic heterocycles. The van der Waals surface area contributed by atoms with Crippen molar-refractivity contribution in [3.63, 3.8) is 0 Å². The van der Waals surface area contributed by atoms with Crippen LogP contribution in [-0.4, -0.2) is 31.1 Å². The Kier molecular flexibility index (Phi) is 3.78. The molecule has 1 heterocycles. The van der Waals surface area contributed by atoms with Gasteiger partial charge in [-0.3, -0.25) is 4.79 Å². The standard InChI is InChI=1S/C14H19NO3S/c1-10-4-6-13(7-5-10)19(17,18)15-9-11(2)14(16)8-12(15)3/h4-7,11-12H,8-9H2,1-3H3/t11-,12+/m1/s1. The first-order valence-corrected chi connectivity index (χ1v) is 7.87. The quantitative estimate of drug-likeness (QED) is 0.833. The van der Waals surface area contributed by atoms with Crippen LogP contribution in [0.3, 0.4) is 0 Å². The molecule has 1 aromatic rings. The van der Waals surface area contributed by atoms with E-state index in [0.29, 0.717) is 11.3 Å². The molecule has 0 amide bonds. The fourth-order valence-electron chi connectivity index (χ4n) is 2.33. The second-order valence-electron chi connectivity index (χ2n) is 5.31. The van der Waals surface area contributed by atoms with Crippen molar-refractivity contribution in [3.8, 4) is 0 Å². The summed E-state index contributed by atoms with van der Waals surface area (Å²) in [7, 11) is -3.50. The van der Waals surface area contributed by atoms with Crippen LogP contribution in [0.4, 0.5) is 0 Å². The Morgan fingerprint density at radius 3 is 2.32 bits per heavy atom. The highest BCUT2D eigenvalue weighted by atomic mass is 32.2. The minimum Gasteiger partial charge on any atom is -0.299 e. The van der Waals surface area contributed by atoms with Gasteiger partial charge >= 0.3 is 0 Å². The molecule has 19 heavy (non-hydrogen) atoms. The number of hydrogen-bond acceptors (Lipinski definition) is 3. The predicted molar refractivity (Wildman–Crippen MR) is 73.3 cm³/mol. The van der Waals surface area contributed by atoms with Gasteiger partial charge in [0.2, 0.25) is 10.0 Å². The summed E-state index contributed by atoms with van der Waals surface area (Å²) in [6, 6.07) is 6.55. The first kappa shape index (κ1) is 14.2. The molecule has 2 rings (SSSR count). The fourth-order valence-corrected chi connectivity index (χ4v) is 4.05. The van der Waals surface area contributed by atoms with Crippen molar-refractivity contribution in [2.45, 2.75) is 38.1 Å². The number of carbonyl (C=O) groups excluding carboxylic acids is 1. The molecule has 0 unspecified atom stereocenters. The topological polar surface area (TPSA) is 54.5 Å². The highest BCUT2D eigenvalue weighted by Gasteiger charge is 2.37. The number of carbonyl (C=O) groups is 1. The van der Waals surface area contributed by atoms with E-state index in [2.05, 4.69) is 0 Å². The van der Waals surface area contributed by atoms with E-state index in [1.165, 1.54) is 4.31 Å². The van der Waals surface area contributed by atoms with Crippen LogP contribution in [0.25, 0.3) is 0 Å². The molecule has 5 heteroatoms. The molecule has 0 aromatic heterocycles. The van der Waals surface area contributed by atoms with Crippen LogP contribution in [0.2, 0.25) is 0 Å². The Bertz CT molecular complexity index is 577. The van der Waals surface area contributed by atoms with Crippen molar-refractivity contribution in [2.24, 2.45) is 5.92 Å². The summed E-state index contributed by atoms with van der Waals surface area (Å²) in [5, 5.41) is 0. The normalized spacial score (nSPS) is 25.5. The summed E-state index contributed by atoms with van der Waals surface area (Å²) in [5.74, 6) is -0.0840. The maximum atomic E-state index is 12.6. The van der Waals surface area contributed by atoms with Crippen molar-refractivity contribution >= 4 is 15.8 Å². The number of ketones is 1.